The van der Waals surface area contributed by atoms with Gasteiger partial charge in [0.25, 0.3) is 0 Å². The van der Waals surface area contributed by atoms with Crippen molar-refractivity contribution in [2.75, 3.05) is 0 Å². The van der Waals surface area contributed by atoms with Crippen LogP contribution in [-0.2, 0) is 0 Å². The molecule has 1 aromatic heterocycles. The summed E-state index contributed by atoms with van der Waals surface area (Å²) in [4.78, 5) is 9.25. The summed E-state index contributed by atoms with van der Waals surface area (Å²) in [7, 11) is 0. The molecule has 100 valence electrons. The van der Waals surface area contributed by atoms with Gasteiger partial charge < -0.3 is 0 Å². The van der Waals surface area contributed by atoms with Crippen LogP contribution in [0.4, 0.5) is 4.39 Å². The van der Waals surface area contributed by atoms with Gasteiger partial charge in [-0.2, -0.15) is 0 Å². The van der Waals surface area contributed by atoms with Crippen molar-refractivity contribution in [1.29, 1.82) is 0 Å². The fraction of sp³-hybridized carbons (Fsp3) is 0.375. The van der Waals surface area contributed by atoms with E-state index in [9.17, 15) is 4.39 Å². The topological polar surface area (TPSA) is 25.8 Å². The summed E-state index contributed by atoms with van der Waals surface area (Å²) < 4.78 is 13.0. The van der Waals surface area contributed by atoms with Crippen LogP contribution in [0.3, 0.4) is 0 Å². The highest BCUT2D eigenvalue weighted by atomic mass is 19.1. The Balaban J connectivity index is 2.53. The second kappa shape index (κ2) is 5.47. The first-order chi connectivity index (χ1) is 8.99. The predicted molar refractivity (Wildman–Crippen MR) is 75.6 cm³/mol. The van der Waals surface area contributed by atoms with E-state index in [0.717, 1.165) is 22.6 Å². The number of rotatable bonds is 3. The number of aromatic nitrogens is 2. The van der Waals surface area contributed by atoms with Crippen molar-refractivity contribution in [2.45, 2.75) is 39.5 Å². The van der Waals surface area contributed by atoms with Crippen LogP contribution in [0, 0.1) is 5.82 Å². The molecule has 0 amide bonds. The molecule has 1 aromatic carbocycles. The average molecular weight is 258 g/mol. The van der Waals surface area contributed by atoms with Gasteiger partial charge in [0, 0.05) is 11.8 Å². The minimum absolute atomic E-state index is 0.235. The number of hydrogen-bond donors (Lipinski definition) is 0. The summed E-state index contributed by atoms with van der Waals surface area (Å²) in [6.07, 6.45) is 1.81. The summed E-state index contributed by atoms with van der Waals surface area (Å²) in [6.45, 7) is 8.40. The molecular weight excluding hydrogens is 239 g/mol. The quantitative estimate of drug-likeness (QED) is 0.808. The summed E-state index contributed by atoms with van der Waals surface area (Å²) >= 11 is 0. The third-order valence-corrected chi connectivity index (χ3v) is 3.07. The smallest absolute Gasteiger partial charge is 0.123 e. The maximum atomic E-state index is 13.0. The van der Waals surface area contributed by atoms with Crippen molar-refractivity contribution in [3.63, 3.8) is 0 Å². The molecule has 19 heavy (non-hydrogen) atoms. The summed E-state index contributed by atoms with van der Waals surface area (Å²) in [5, 5.41) is 0. The number of halogens is 1. The van der Waals surface area contributed by atoms with Crippen LogP contribution >= 0.6 is 0 Å². The Morgan fingerprint density at radius 3 is 2.11 bits per heavy atom. The van der Waals surface area contributed by atoms with Gasteiger partial charge in [-0.05, 0) is 36.1 Å². The lowest BCUT2D eigenvalue weighted by Crippen LogP contribution is -2.04. The SMILES string of the molecule is CC(C)c1cnc(-c2ccc(F)cc2)c(C(C)C)n1. The Hall–Kier alpha value is -1.77. The van der Waals surface area contributed by atoms with E-state index in [1.807, 2.05) is 6.20 Å². The van der Waals surface area contributed by atoms with Crippen LogP contribution in [0.1, 0.15) is 50.9 Å². The number of benzene rings is 1. The highest BCUT2D eigenvalue weighted by Gasteiger charge is 2.14. The molecule has 0 N–H and O–H groups in total. The molecule has 0 fully saturated rings. The molecule has 2 nitrogen and oxygen atoms in total. The van der Waals surface area contributed by atoms with E-state index in [4.69, 9.17) is 4.98 Å². The highest BCUT2D eigenvalue weighted by Crippen LogP contribution is 2.27. The van der Waals surface area contributed by atoms with Gasteiger partial charge in [-0.1, -0.05) is 27.7 Å². The molecule has 1 heterocycles. The molecule has 0 radical (unpaired) electrons. The molecule has 2 rings (SSSR count). The van der Waals surface area contributed by atoms with Gasteiger partial charge in [-0.3, -0.25) is 9.97 Å². The predicted octanol–water partition coefficient (Wildman–Crippen LogP) is 4.53. The van der Waals surface area contributed by atoms with Crippen LogP contribution in [-0.4, -0.2) is 9.97 Å². The van der Waals surface area contributed by atoms with Crippen LogP contribution < -0.4 is 0 Å². The Morgan fingerprint density at radius 2 is 1.58 bits per heavy atom. The molecule has 0 bridgehead atoms. The maximum Gasteiger partial charge on any atom is 0.123 e. The lowest BCUT2D eigenvalue weighted by molar-refractivity contribution is 0.628. The van der Waals surface area contributed by atoms with E-state index in [2.05, 4.69) is 32.7 Å². The molecule has 0 saturated heterocycles. The first-order valence-electron chi connectivity index (χ1n) is 6.61. The minimum atomic E-state index is -0.235. The van der Waals surface area contributed by atoms with Gasteiger partial charge in [0.05, 0.1) is 17.1 Å². The van der Waals surface area contributed by atoms with E-state index in [1.54, 1.807) is 12.1 Å². The van der Waals surface area contributed by atoms with Crippen molar-refractivity contribution < 1.29 is 4.39 Å². The molecule has 0 unspecified atom stereocenters. The molecular formula is C16H19FN2. The maximum absolute atomic E-state index is 13.0. The molecule has 0 atom stereocenters. The van der Waals surface area contributed by atoms with Gasteiger partial charge in [-0.25, -0.2) is 4.39 Å². The largest absolute Gasteiger partial charge is 0.253 e. The second-order valence-electron chi connectivity index (χ2n) is 5.35. The van der Waals surface area contributed by atoms with Gasteiger partial charge in [0.1, 0.15) is 5.82 Å². The molecule has 0 spiro atoms. The Morgan fingerprint density at radius 1 is 0.947 bits per heavy atom. The monoisotopic (exact) mass is 258 g/mol. The lowest BCUT2D eigenvalue weighted by atomic mass is 10.0. The summed E-state index contributed by atoms with van der Waals surface area (Å²) in [5.74, 6) is 0.403. The summed E-state index contributed by atoms with van der Waals surface area (Å²) in [5.41, 5.74) is 3.72. The summed E-state index contributed by atoms with van der Waals surface area (Å²) in [6, 6.07) is 6.41. The first-order valence-corrected chi connectivity index (χ1v) is 6.61. The fourth-order valence-corrected chi connectivity index (χ4v) is 1.93. The Labute approximate surface area is 113 Å². The van der Waals surface area contributed by atoms with Crippen LogP contribution in [0.5, 0.6) is 0 Å². The normalized spacial score (nSPS) is 11.3. The average Bonchev–Trinajstić information content (AvgIpc) is 2.38. The van der Waals surface area contributed by atoms with Gasteiger partial charge in [0.15, 0.2) is 0 Å². The standard InChI is InChI=1S/C16H19FN2/c1-10(2)14-9-18-16(15(19-14)11(3)4)12-5-7-13(17)8-6-12/h5-11H,1-4H3. The first kappa shape index (κ1) is 13.7. The fourth-order valence-electron chi connectivity index (χ4n) is 1.93. The molecule has 3 heteroatoms. The van der Waals surface area contributed by atoms with Crippen LogP contribution in [0.25, 0.3) is 11.3 Å². The van der Waals surface area contributed by atoms with E-state index in [0.29, 0.717) is 5.92 Å². The second-order valence-corrected chi connectivity index (χ2v) is 5.35. The van der Waals surface area contributed by atoms with Crippen molar-refractivity contribution >= 4 is 0 Å². The lowest BCUT2D eigenvalue weighted by Gasteiger charge is -2.14. The Bertz CT molecular complexity index is 559. The van der Waals surface area contributed by atoms with Crippen LogP contribution in [0.2, 0.25) is 0 Å². The van der Waals surface area contributed by atoms with Crippen molar-refractivity contribution in [3.8, 4) is 11.3 Å². The van der Waals surface area contributed by atoms with Gasteiger partial charge in [0.2, 0.25) is 0 Å². The van der Waals surface area contributed by atoms with Crippen molar-refractivity contribution in [1.82, 2.24) is 9.97 Å². The molecule has 0 aliphatic heterocycles. The zero-order valence-electron chi connectivity index (χ0n) is 11.8. The highest BCUT2D eigenvalue weighted by molar-refractivity contribution is 5.62. The van der Waals surface area contributed by atoms with E-state index >= 15 is 0 Å². The zero-order valence-corrected chi connectivity index (χ0v) is 11.8. The molecule has 0 saturated carbocycles. The zero-order chi connectivity index (χ0) is 14.0. The number of hydrogen-bond acceptors (Lipinski definition) is 2. The van der Waals surface area contributed by atoms with Gasteiger partial charge >= 0.3 is 0 Å². The third-order valence-electron chi connectivity index (χ3n) is 3.07. The van der Waals surface area contributed by atoms with E-state index in [-0.39, 0.29) is 11.7 Å². The van der Waals surface area contributed by atoms with Crippen LogP contribution in [0.15, 0.2) is 30.5 Å². The van der Waals surface area contributed by atoms with Crippen molar-refractivity contribution in [3.05, 3.63) is 47.7 Å². The van der Waals surface area contributed by atoms with Gasteiger partial charge in [-0.15, -0.1) is 0 Å². The Kier molecular flexibility index (Phi) is 3.93. The van der Waals surface area contributed by atoms with E-state index < -0.39 is 0 Å². The molecule has 2 aromatic rings. The van der Waals surface area contributed by atoms with E-state index in [1.165, 1.54) is 12.1 Å². The third kappa shape index (κ3) is 2.98. The number of nitrogens with zero attached hydrogens (tertiary/aromatic N) is 2. The molecule has 0 aliphatic rings. The minimum Gasteiger partial charge on any atom is -0.253 e. The molecule has 0 aliphatic carbocycles. The van der Waals surface area contributed by atoms with Crippen molar-refractivity contribution in [2.24, 2.45) is 0 Å².